The van der Waals surface area contributed by atoms with Crippen molar-refractivity contribution in [3.05, 3.63) is 0 Å². The highest BCUT2D eigenvalue weighted by Gasteiger charge is 2.47. The van der Waals surface area contributed by atoms with Crippen molar-refractivity contribution in [2.75, 3.05) is 12.3 Å². The summed E-state index contributed by atoms with van der Waals surface area (Å²) in [6.45, 7) is 0.306. The number of rotatable bonds is 3. The molecular formula is C11H15F3N2O3S. The van der Waals surface area contributed by atoms with Crippen LogP contribution in [0.1, 0.15) is 19.8 Å². The van der Waals surface area contributed by atoms with Crippen molar-refractivity contribution in [2.24, 2.45) is 0 Å². The number of hydrogen-bond donors (Lipinski definition) is 1. The monoisotopic (exact) mass is 312 g/mol. The van der Waals surface area contributed by atoms with Crippen molar-refractivity contribution < 1.29 is 27.9 Å². The van der Waals surface area contributed by atoms with Gasteiger partial charge in [-0.15, -0.1) is 11.8 Å². The molecule has 0 radical (unpaired) electrons. The van der Waals surface area contributed by atoms with Crippen LogP contribution < -0.4 is 0 Å². The van der Waals surface area contributed by atoms with Crippen LogP contribution in [-0.2, 0) is 4.79 Å². The average Bonchev–Trinajstić information content (AvgIpc) is 3.07. The lowest BCUT2D eigenvalue weighted by atomic mass is 10.3. The molecule has 1 aliphatic carbocycles. The largest absolute Gasteiger partial charge is 0.480 e. The molecule has 2 fully saturated rings. The molecule has 2 rings (SSSR count). The molecule has 0 aromatic heterocycles. The molecule has 2 unspecified atom stereocenters. The smallest absolute Gasteiger partial charge is 0.406 e. The van der Waals surface area contributed by atoms with Crippen LogP contribution in [0, 0.1) is 0 Å². The van der Waals surface area contributed by atoms with E-state index in [0.29, 0.717) is 12.8 Å². The van der Waals surface area contributed by atoms with Crippen molar-refractivity contribution in [2.45, 2.75) is 43.4 Å². The SMILES string of the molecule is CC1SCC(C(=O)O)N1C(=O)N(CC(F)(F)F)C1CC1. The Morgan fingerprint density at radius 2 is 2.00 bits per heavy atom. The van der Waals surface area contributed by atoms with Gasteiger partial charge in [-0.1, -0.05) is 0 Å². The van der Waals surface area contributed by atoms with Gasteiger partial charge in [-0.3, -0.25) is 4.90 Å². The molecule has 0 aromatic rings. The first kappa shape index (κ1) is 15.3. The molecule has 5 nitrogen and oxygen atoms in total. The number of urea groups is 1. The van der Waals surface area contributed by atoms with Gasteiger partial charge < -0.3 is 10.0 Å². The fourth-order valence-corrected chi connectivity index (χ4v) is 3.37. The summed E-state index contributed by atoms with van der Waals surface area (Å²) >= 11 is 1.25. The zero-order chi connectivity index (χ0) is 15.1. The van der Waals surface area contributed by atoms with Gasteiger partial charge >= 0.3 is 18.2 Å². The third-order valence-electron chi connectivity index (χ3n) is 3.31. The van der Waals surface area contributed by atoms with Crippen molar-refractivity contribution in [3.8, 4) is 0 Å². The van der Waals surface area contributed by atoms with Gasteiger partial charge in [0.2, 0.25) is 0 Å². The van der Waals surface area contributed by atoms with Crippen molar-refractivity contribution >= 4 is 23.8 Å². The molecule has 0 aromatic carbocycles. The summed E-state index contributed by atoms with van der Waals surface area (Å²) in [5.41, 5.74) is 0. The van der Waals surface area contributed by atoms with Crippen LogP contribution in [0.4, 0.5) is 18.0 Å². The number of carbonyl (C=O) groups excluding carboxylic acids is 1. The molecule has 1 saturated carbocycles. The van der Waals surface area contributed by atoms with E-state index in [9.17, 15) is 22.8 Å². The number of alkyl halides is 3. The molecule has 1 saturated heterocycles. The number of carboxylic acids is 1. The van der Waals surface area contributed by atoms with E-state index in [1.165, 1.54) is 11.8 Å². The van der Waals surface area contributed by atoms with Crippen LogP contribution in [0.2, 0.25) is 0 Å². The molecule has 1 heterocycles. The predicted octanol–water partition coefficient (Wildman–Crippen LogP) is 1.98. The molecule has 0 spiro atoms. The van der Waals surface area contributed by atoms with E-state index in [1.807, 2.05) is 0 Å². The molecule has 2 amide bonds. The maximum Gasteiger partial charge on any atom is 0.406 e. The maximum atomic E-state index is 12.6. The van der Waals surface area contributed by atoms with Gasteiger partial charge in [0.1, 0.15) is 12.6 Å². The lowest BCUT2D eigenvalue weighted by molar-refractivity contribution is -0.144. The Morgan fingerprint density at radius 1 is 1.40 bits per heavy atom. The van der Waals surface area contributed by atoms with Gasteiger partial charge in [-0.25, -0.2) is 9.59 Å². The van der Waals surface area contributed by atoms with Crippen molar-refractivity contribution in [1.29, 1.82) is 0 Å². The van der Waals surface area contributed by atoms with Gasteiger partial charge in [0.05, 0.1) is 5.37 Å². The van der Waals surface area contributed by atoms with Crippen LogP contribution in [0.15, 0.2) is 0 Å². The summed E-state index contributed by atoms with van der Waals surface area (Å²) < 4.78 is 37.7. The number of carboxylic acid groups (broad SMARTS) is 1. The van der Waals surface area contributed by atoms with E-state index < -0.39 is 42.2 Å². The lowest BCUT2D eigenvalue weighted by Gasteiger charge is -2.32. The van der Waals surface area contributed by atoms with E-state index in [1.54, 1.807) is 6.92 Å². The predicted molar refractivity (Wildman–Crippen MR) is 66.4 cm³/mol. The van der Waals surface area contributed by atoms with Gasteiger partial charge in [0.15, 0.2) is 0 Å². The third kappa shape index (κ3) is 3.31. The average molecular weight is 312 g/mol. The number of amides is 2. The summed E-state index contributed by atoms with van der Waals surface area (Å²) in [6, 6.07) is -2.30. The Labute approximate surface area is 118 Å². The number of nitrogens with zero attached hydrogens (tertiary/aromatic N) is 2. The highest BCUT2D eigenvalue weighted by molar-refractivity contribution is 8.00. The number of hydrogen-bond acceptors (Lipinski definition) is 3. The van der Waals surface area contributed by atoms with Gasteiger partial charge in [0, 0.05) is 11.8 Å². The quantitative estimate of drug-likeness (QED) is 0.865. The van der Waals surface area contributed by atoms with Crippen LogP contribution in [0.25, 0.3) is 0 Å². The van der Waals surface area contributed by atoms with Gasteiger partial charge in [-0.2, -0.15) is 13.2 Å². The summed E-state index contributed by atoms with van der Waals surface area (Å²) in [7, 11) is 0. The number of carbonyl (C=O) groups is 2. The molecule has 2 aliphatic rings. The highest BCUT2D eigenvalue weighted by Crippen LogP contribution is 2.35. The normalized spacial score (nSPS) is 26.7. The van der Waals surface area contributed by atoms with Crippen LogP contribution in [0.3, 0.4) is 0 Å². The molecule has 1 N–H and O–H groups in total. The molecule has 114 valence electrons. The van der Waals surface area contributed by atoms with E-state index >= 15 is 0 Å². The Kier molecular flexibility index (Phi) is 4.08. The molecule has 2 atom stereocenters. The summed E-state index contributed by atoms with van der Waals surface area (Å²) in [6.07, 6.45) is -3.41. The Balaban J connectivity index is 2.15. The topological polar surface area (TPSA) is 60.9 Å². The minimum Gasteiger partial charge on any atom is -0.480 e. The van der Waals surface area contributed by atoms with E-state index in [0.717, 1.165) is 9.80 Å². The second-order valence-corrected chi connectivity index (χ2v) is 6.30. The Bertz CT molecular complexity index is 414. The van der Waals surface area contributed by atoms with Gasteiger partial charge in [-0.05, 0) is 19.8 Å². The molecule has 20 heavy (non-hydrogen) atoms. The fraction of sp³-hybridized carbons (Fsp3) is 0.818. The minimum absolute atomic E-state index is 0.201. The summed E-state index contributed by atoms with van der Waals surface area (Å²) in [5.74, 6) is -0.981. The zero-order valence-corrected chi connectivity index (χ0v) is 11.6. The third-order valence-corrected chi connectivity index (χ3v) is 4.53. The first-order valence-corrected chi connectivity index (χ1v) is 7.25. The lowest BCUT2D eigenvalue weighted by Crippen LogP contribution is -2.53. The van der Waals surface area contributed by atoms with E-state index in [4.69, 9.17) is 5.11 Å². The molecular weight excluding hydrogens is 297 g/mol. The first-order valence-electron chi connectivity index (χ1n) is 6.21. The highest BCUT2D eigenvalue weighted by atomic mass is 32.2. The van der Waals surface area contributed by atoms with Crippen molar-refractivity contribution in [3.63, 3.8) is 0 Å². The zero-order valence-electron chi connectivity index (χ0n) is 10.8. The van der Waals surface area contributed by atoms with Crippen LogP contribution >= 0.6 is 11.8 Å². The van der Waals surface area contributed by atoms with E-state index in [2.05, 4.69) is 0 Å². The van der Waals surface area contributed by atoms with E-state index in [-0.39, 0.29) is 5.75 Å². The molecule has 1 aliphatic heterocycles. The number of halogens is 3. The second kappa shape index (κ2) is 5.34. The minimum atomic E-state index is -4.48. The fourth-order valence-electron chi connectivity index (χ4n) is 2.20. The van der Waals surface area contributed by atoms with Crippen LogP contribution in [-0.4, -0.2) is 62.8 Å². The maximum absolute atomic E-state index is 12.6. The first-order chi connectivity index (χ1) is 9.20. The standard InChI is InChI=1S/C11H15F3N2O3S/c1-6-16(8(4-20-6)9(17)18)10(19)15(7-2-3-7)5-11(12,13)14/h6-8H,2-5H2,1H3,(H,17,18). The Morgan fingerprint density at radius 3 is 2.45 bits per heavy atom. The number of aliphatic carboxylic acids is 1. The summed E-state index contributed by atoms with van der Waals surface area (Å²) in [4.78, 5) is 25.2. The summed E-state index contributed by atoms with van der Waals surface area (Å²) in [5, 5.41) is 8.64. The second-order valence-electron chi connectivity index (χ2n) is 4.95. The Hall–Kier alpha value is -1.12. The molecule has 0 bridgehead atoms. The van der Waals surface area contributed by atoms with Crippen molar-refractivity contribution in [1.82, 2.24) is 9.80 Å². The number of thioether (sulfide) groups is 1. The molecule has 9 heteroatoms. The van der Waals surface area contributed by atoms with Crippen LogP contribution in [0.5, 0.6) is 0 Å². The van der Waals surface area contributed by atoms with Gasteiger partial charge in [0.25, 0.3) is 0 Å².